The molecule has 3 aromatic rings. The summed E-state index contributed by atoms with van der Waals surface area (Å²) < 4.78 is 24.6. The topological polar surface area (TPSA) is 64.4 Å². The summed E-state index contributed by atoms with van der Waals surface area (Å²) in [4.78, 5) is 12.2. The Kier molecular flexibility index (Phi) is 4.79. The summed E-state index contributed by atoms with van der Waals surface area (Å²) in [5, 5.41) is 6.34. The Hall–Kier alpha value is -3.15. The molecule has 2 aromatic carbocycles. The smallest absolute Gasteiger partial charge is 0.294 e. The lowest BCUT2D eigenvalue weighted by atomic mass is 10.1. The number of nitrogens with one attached hydrogen (secondary N) is 1. The summed E-state index contributed by atoms with van der Waals surface area (Å²) in [6, 6.07) is 15.1. The Labute approximate surface area is 144 Å². The average molecular weight is 340 g/mol. The van der Waals surface area contributed by atoms with Gasteiger partial charge in [0.1, 0.15) is 17.3 Å². The molecule has 0 radical (unpaired) electrons. The monoisotopic (exact) mass is 340 g/mol. The van der Waals surface area contributed by atoms with Crippen molar-refractivity contribution in [2.24, 2.45) is 0 Å². The molecule has 0 aliphatic carbocycles. The Morgan fingerprint density at radius 2 is 1.92 bits per heavy atom. The van der Waals surface area contributed by atoms with Crippen LogP contribution in [0.15, 0.2) is 59.1 Å². The van der Waals surface area contributed by atoms with Crippen molar-refractivity contribution in [3.05, 3.63) is 66.2 Å². The van der Waals surface area contributed by atoms with Crippen LogP contribution >= 0.6 is 0 Å². The van der Waals surface area contributed by atoms with E-state index in [4.69, 9.17) is 9.26 Å². The molecule has 0 fully saturated rings. The van der Waals surface area contributed by atoms with E-state index in [1.165, 1.54) is 18.2 Å². The van der Waals surface area contributed by atoms with E-state index < -0.39 is 11.7 Å². The van der Waals surface area contributed by atoms with Gasteiger partial charge in [-0.1, -0.05) is 35.5 Å². The van der Waals surface area contributed by atoms with Crippen LogP contribution in [0.25, 0.3) is 11.3 Å². The van der Waals surface area contributed by atoms with E-state index in [0.717, 1.165) is 5.56 Å². The van der Waals surface area contributed by atoms with Crippen molar-refractivity contribution in [3.8, 4) is 17.0 Å². The molecule has 25 heavy (non-hydrogen) atoms. The second-order valence-corrected chi connectivity index (χ2v) is 5.70. The van der Waals surface area contributed by atoms with Gasteiger partial charge in [0.2, 0.25) is 5.76 Å². The number of carbonyl (C=O) groups is 1. The first-order valence-corrected chi connectivity index (χ1v) is 7.82. The summed E-state index contributed by atoms with van der Waals surface area (Å²) in [7, 11) is 0. The molecule has 128 valence electrons. The lowest BCUT2D eigenvalue weighted by Gasteiger charge is -2.11. The number of hydrogen-bond donors (Lipinski definition) is 1. The van der Waals surface area contributed by atoms with Crippen LogP contribution in [0.1, 0.15) is 24.4 Å². The van der Waals surface area contributed by atoms with Gasteiger partial charge in [-0.2, -0.15) is 0 Å². The molecule has 1 amide bonds. The number of hydrogen-bond acceptors (Lipinski definition) is 4. The second kappa shape index (κ2) is 7.17. The standard InChI is InChI=1S/C19H17FN2O3/c1-12(2)24-14-8-9-16(15(20)10-14)21-19(23)18-11-17(22-25-18)13-6-4-3-5-7-13/h3-12H,1-2H3,(H,21,23). The van der Waals surface area contributed by atoms with Crippen LogP contribution in [0, 0.1) is 5.82 Å². The maximum absolute atomic E-state index is 14.1. The van der Waals surface area contributed by atoms with Crippen molar-refractivity contribution in [2.75, 3.05) is 5.32 Å². The maximum Gasteiger partial charge on any atom is 0.294 e. The van der Waals surface area contributed by atoms with E-state index in [1.807, 2.05) is 44.2 Å². The van der Waals surface area contributed by atoms with E-state index in [9.17, 15) is 9.18 Å². The zero-order valence-electron chi connectivity index (χ0n) is 13.8. The Balaban J connectivity index is 1.73. The SMILES string of the molecule is CC(C)Oc1ccc(NC(=O)c2cc(-c3ccccc3)no2)c(F)c1. The molecule has 0 saturated carbocycles. The summed E-state index contributed by atoms with van der Waals surface area (Å²) in [5.41, 5.74) is 1.40. The minimum absolute atomic E-state index is 0.000704. The third kappa shape index (κ3) is 4.03. The van der Waals surface area contributed by atoms with Gasteiger partial charge in [-0.25, -0.2) is 4.39 Å². The number of benzene rings is 2. The van der Waals surface area contributed by atoms with E-state index in [2.05, 4.69) is 10.5 Å². The molecule has 0 spiro atoms. The molecule has 1 heterocycles. The highest BCUT2D eigenvalue weighted by atomic mass is 19.1. The van der Waals surface area contributed by atoms with Crippen LogP contribution in [0.3, 0.4) is 0 Å². The van der Waals surface area contributed by atoms with Crippen LogP contribution in [0.4, 0.5) is 10.1 Å². The third-order valence-corrected chi connectivity index (χ3v) is 3.36. The number of nitrogens with zero attached hydrogens (tertiary/aromatic N) is 1. The van der Waals surface area contributed by atoms with E-state index >= 15 is 0 Å². The molecule has 0 unspecified atom stereocenters. The van der Waals surface area contributed by atoms with Gasteiger partial charge >= 0.3 is 0 Å². The minimum atomic E-state index is -0.589. The fourth-order valence-corrected chi connectivity index (χ4v) is 2.25. The first-order valence-electron chi connectivity index (χ1n) is 7.82. The van der Waals surface area contributed by atoms with Crippen LogP contribution in [0.2, 0.25) is 0 Å². The van der Waals surface area contributed by atoms with Gasteiger partial charge in [-0.3, -0.25) is 4.79 Å². The molecule has 6 heteroatoms. The quantitative estimate of drug-likeness (QED) is 0.742. The van der Waals surface area contributed by atoms with Crippen LogP contribution in [-0.2, 0) is 0 Å². The Morgan fingerprint density at radius 1 is 1.16 bits per heavy atom. The van der Waals surface area contributed by atoms with Crippen LogP contribution in [-0.4, -0.2) is 17.2 Å². The Morgan fingerprint density at radius 3 is 2.60 bits per heavy atom. The highest BCUT2D eigenvalue weighted by Gasteiger charge is 2.16. The summed E-state index contributed by atoms with van der Waals surface area (Å²) in [5.74, 6) is -0.766. The number of halogens is 1. The van der Waals surface area contributed by atoms with Crippen molar-refractivity contribution in [3.63, 3.8) is 0 Å². The first kappa shape index (κ1) is 16.7. The average Bonchev–Trinajstić information content (AvgIpc) is 3.08. The zero-order valence-corrected chi connectivity index (χ0v) is 13.8. The largest absolute Gasteiger partial charge is 0.491 e. The van der Waals surface area contributed by atoms with Gasteiger partial charge in [0.15, 0.2) is 0 Å². The summed E-state index contributed by atoms with van der Waals surface area (Å²) in [6.45, 7) is 3.70. The maximum atomic E-state index is 14.1. The number of rotatable bonds is 5. The molecule has 0 atom stereocenters. The molecule has 0 bridgehead atoms. The molecular formula is C19H17FN2O3. The fourth-order valence-electron chi connectivity index (χ4n) is 2.25. The number of anilines is 1. The summed E-state index contributed by atoms with van der Waals surface area (Å²) in [6.07, 6.45) is -0.0644. The number of carbonyl (C=O) groups excluding carboxylic acids is 1. The van der Waals surface area contributed by atoms with E-state index in [-0.39, 0.29) is 17.6 Å². The molecule has 0 aliphatic rings. The van der Waals surface area contributed by atoms with Gasteiger partial charge in [0.05, 0.1) is 11.8 Å². The molecular weight excluding hydrogens is 323 g/mol. The van der Waals surface area contributed by atoms with E-state index in [0.29, 0.717) is 11.4 Å². The van der Waals surface area contributed by atoms with Crippen molar-refractivity contribution in [2.45, 2.75) is 20.0 Å². The van der Waals surface area contributed by atoms with E-state index in [1.54, 1.807) is 6.07 Å². The normalized spacial score (nSPS) is 10.7. The number of amides is 1. The minimum Gasteiger partial charge on any atom is -0.491 e. The predicted molar refractivity (Wildman–Crippen MR) is 92.1 cm³/mol. The number of ether oxygens (including phenoxy) is 1. The first-order chi connectivity index (χ1) is 12.0. The zero-order chi connectivity index (χ0) is 17.8. The van der Waals surface area contributed by atoms with Gasteiger partial charge in [0, 0.05) is 17.7 Å². The predicted octanol–water partition coefficient (Wildman–Crippen LogP) is 4.52. The van der Waals surface area contributed by atoms with Crippen molar-refractivity contribution in [1.82, 2.24) is 5.16 Å². The van der Waals surface area contributed by atoms with Gasteiger partial charge < -0.3 is 14.6 Å². The molecule has 5 nitrogen and oxygen atoms in total. The van der Waals surface area contributed by atoms with Crippen LogP contribution < -0.4 is 10.1 Å². The highest BCUT2D eigenvalue weighted by Crippen LogP contribution is 2.23. The van der Waals surface area contributed by atoms with Crippen molar-refractivity contribution >= 4 is 11.6 Å². The Bertz CT molecular complexity index is 875. The van der Waals surface area contributed by atoms with Crippen molar-refractivity contribution in [1.29, 1.82) is 0 Å². The molecule has 1 aromatic heterocycles. The second-order valence-electron chi connectivity index (χ2n) is 5.70. The molecule has 0 saturated heterocycles. The molecule has 0 aliphatic heterocycles. The molecule has 3 rings (SSSR count). The van der Waals surface area contributed by atoms with Gasteiger partial charge in [0.25, 0.3) is 5.91 Å². The lowest BCUT2D eigenvalue weighted by Crippen LogP contribution is -2.12. The summed E-state index contributed by atoms with van der Waals surface area (Å²) >= 11 is 0. The molecule has 1 N–H and O–H groups in total. The number of aromatic nitrogens is 1. The van der Waals surface area contributed by atoms with Gasteiger partial charge in [-0.05, 0) is 26.0 Å². The highest BCUT2D eigenvalue weighted by molar-refractivity contribution is 6.02. The van der Waals surface area contributed by atoms with Crippen LogP contribution in [0.5, 0.6) is 5.75 Å². The third-order valence-electron chi connectivity index (χ3n) is 3.36. The van der Waals surface area contributed by atoms with Gasteiger partial charge in [-0.15, -0.1) is 0 Å². The lowest BCUT2D eigenvalue weighted by molar-refractivity contribution is 0.0987. The van der Waals surface area contributed by atoms with Crippen molar-refractivity contribution < 1.29 is 18.4 Å². The fraction of sp³-hybridized carbons (Fsp3) is 0.158.